The Labute approximate surface area is 179 Å². The number of carbonyl (C=O) groups excluding carboxylic acids is 1. The Balaban J connectivity index is 1.30. The van der Waals surface area contributed by atoms with Crippen LogP contribution in [0.2, 0.25) is 0 Å². The van der Waals surface area contributed by atoms with Crippen LogP contribution in [0.25, 0.3) is 0 Å². The molecule has 1 aromatic carbocycles. The van der Waals surface area contributed by atoms with E-state index in [1.54, 1.807) is 0 Å². The summed E-state index contributed by atoms with van der Waals surface area (Å²) in [6.45, 7) is 8.21. The number of nitrogens with zero attached hydrogens (tertiary/aromatic N) is 4. The molecule has 1 amide bonds. The first-order valence-corrected chi connectivity index (χ1v) is 11.3. The van der Waals surface area contributed by atoms with Crippen molar-refractivity contribution in [3.05, 3.63) is 53.3 Å². The van der Waals surface area contributed by atoms with Crippen LogP contribution >= 0.6 is 0 Å². The van der Waals surface area contributed by atoms with Gasteiger partial charge in [-0.2, -0.15) is 5.10 Å². The predicted molar refractivity (Wildman–Crippen MR) is 117 cm³/mol. The average molecular weight is 411 g/mol. The molecule has 1 fully saturated rings. The largest absolute Gasteiger partial charge is 0.381 e. The zero-order chi connectivity index (χ0) is 20.8. The maximum Gasteiger partial charge on any atom is 0.224 e. The van der Waals surface area contributed by atoms with Crippen molar-refractivity contribution in [2.75, 3.05) is 32.8 Å². The number of benzene rings is 1. The molecule has 0 aliphatic carbocycles. The lowest BCUT2D eigenvalue weighted by molar-refractivity contribution is -0.135. The number of fused-ring (bicyclic) bond motifs is 1. The van der Waals surface area contributed by atoms with Crippen molar-refractivity contribution in [1.29, 1.82) is 0 Å². The van der Waals surface area contributed by atoms with E-state index in [1.807, 2.05) is 24.0 Å². The third-order valence-corrected chi connectivity index (χ3v) is 6.35. The van der Waals surface area contributed by atoms with E-state index in [0.29, 0.717) is 19.0 Å². The quantitative estimate of drug-likeness (QED) is 0.671. The highest BCUT2D eigenvalue weighted by Crippen LogP contribution is 2.20. The SMILES string of the molecule is Cc1cnn(CCC(=O)N(CCCN2CCc3ccccc3C2)C2CCOCC2)c1. The summed E-state index contributed by atoms with van der Waals surface area (Å²) in [4.78, 5) is 17.8. The molecule has 4 rings (SSSR count). The molecule has 6 heteroatoms. The minimum atomic E-state index is 0.249. The molecule has 3 heterocycles. The summed E-state index contributed by atoms with van der Waals surface area (Å²) in [6, 6.07) is 9.08. The maximum atomic E-state index is 13.1. The number of carbonyl (C=O) groups is 1. The van der Waals surface area contributed by atoms with Gasteiger partial charge in [-0.3, -0.25) is 14.4 Å². The molecule has 0 unspecified atom stereocenters. The normalized spacial score (nSPS) is 17.6. The molecule has 0 atom stereocenters. The van der Waals surface area contributed by atoms with Crippen LogP contribution in [0, 0.1) is 6.92 Å². The summed E-state index contributed by atoms with van der Waals surface area (Å²) < 4.78 is 7.41. The molecule has 162 valence electrons. The molecule has 30 heavy (non-hydrogen) atoms. The van der Waals surface area contributed by atoms with Gasteiger partial charge in [0.2, 0.25) is 5.91 Å². The topological polar surface area (TPSA) is 50.6 Å². The van der Waals surface area contributed by atoms with Crippen LogP contribution in [0.5, 0.6) is 0 Å². The third kappa shape index (κ3) is 5.49. The molecule has 1 saturated heterocycles. The van der Waals surface area contributed by atoms with Crippen molar-refractivity contribution in [2.24, 2.45) is 0 Å². The third-order valence-electron chi connectivity index (χ3n) is 6.35. The first-order chi connectivity index (χ1) is 14.7. The Kier molecular flexibility index (Phi) is 7.18. The molecular formula is C24H34N4O2. The number of hydrogen-bond acceptors (Lipinski definition) is 4. The Morgan fingerprint density at radius 3 is 2.77 bits per heavy atom. The maximum absolute atomic E-state index is 13.1. The fourth-order valence-corrected chi connectivity index (χ4v) is 4.66. The van der Waals surface area contributed by atoms with E-state index in [9.17, 15) is 4.79 Å². The van der Waals surface area contributed by atoms with Crippen molar-refractivity contribution < 1.29 is 9.53 Å². The molecule has 2 aliphatic heterocycles. The van der Waals surface area contributed by atoms with E-state index in [-0.39, 0.29) is 5.91 Å². The van der Waals surface area contributed by atoms with Gasteiger partial charge < -0.3 is 9.64 Å². The van der Waals surface area contributed by atoms with Crippen molar-refractivity contribution in [3.63, 3.8) is 0 Å². The van der Waals surface area contributed by atoms with E-state index >= 15 is 0 Å². The zero-order valence-electron chi connectivity index (χ0n) is 18.1. The minimum Gasteiger partial charge on any atom is -0.381 e. The van der Waals surface area contributed by atoms with Crippen LogP contribution in [0.4, 0.5) is 0 Å². The molecule has 0 spiro atoms. The molecule has 1 aromatic heterocycles. The van der Waals surface area contributed by atoms with E-state index in [1.165, 1.54) is 11.1 Å². The predicted octanol–water partition coefficient (Wildman–Crippen LogP) is 3.04. The van der Waals surface area contributed by atoms with Gasteiger partial charge in [-0.1, -0.05) is 24.3 Å². The van der Waals surface area contributed by atoms with Crippen molar-refractivity contribution in [1.82, 2.24) is 19.6 Å². The van der Waals surface area contributed by atoms with Crippen LogP contribution in [0.15, 0.2) is 36.7 Å². The first kappa shape index (κ1) is 21.1. The molecule has 0 saturated carbocycles. The zero-order valence-corrected chi connectivity index (χ0v) is 18.1. The van der Waals surface area contributed by atoms with Crippen LogP contribution in [0.1, 0.15) is 42.4 Å². The molecule has 0 N–H and O–H groups in total. The fourth-order valence-electron chi connectivity index (χ4n) is 4.66. The van der Waals surface area contributed by atoms with E-state index in [2.05, 4.69) is 39.2 Å². The lowest BCUT2D eigenvalue weighted by Gasteiger charge is -2.35. The molecule has 0 bridgehead atoms. The second-order valence-corrected chi connectivity index (χ2v) is 8.61. The average Bonchev–Trinajstić information content (AvgIpc) is 3.20. The number of ether oxygens (including phenoxy) is 1. The van der Waals surface area contributed by atoms with Gasteiger partial charge in [-0.25, -0.2) is 0 Å². The van der Waals surface area contributed by atoms with E-state index < -0.39 is 0 Å². The second kappa shape index (κ2) is 10.2. The number of hydrogen-bond donors (Lipinski definition) is 0. The summed E-state index contributed by atoms with van der Waals surface area (Å²) in [7, 11) is 0. The van der Waals surface area contributed by atoms with Crippen molar-refractivity contribution in [2.45, 2.75) is 58.2 Å². The van der Waals surface area contributed by atoms with Gasteiger partial charge in [-0.05, 0) is 49.3 Å². The smallest absolute Gasteiger partial charge is 0.224 e. The van der Waals surface area contributed by atoms with Crippen LogP contribution in [-0.4, -0.2) is 64.4 Å². The van der Waals surface area contributed by atoms with E-state index in [0.717, 1.165) is 70.6 Å². The second-order valence-electron chi connectivity index (χ2n) is 8.61. The highest BCUT2D eigenvalue weighted by molar-refractivity contribution is 5.76. The number of amides is 1. The van der Waals surface area contributed by atoms with Gasteiger partial charge in [0.05, 0.1) is 6.20 Å². The van der Waals surface area contributed by atoms with Gasteiger partial charge in [0.15, 0.2) is 0 Å². The minimum absolute atomic E-state index is 0.249. The van der Waals surface area contributed by atoms with E-state index in [4.69, 9.17) is 4.74 Å². The summed E-state index contributed by atoms with van der Waals surface area (Å²) in [5.41, 5.74) is 4.07. The molecular weight excluding hydrogens is 376 g/mol. The summed E-state index contributed by atoms with van der Waals surface area (Å²) in [5.74, 6) is 0.249. The lowest BCUT2D eigenvalue weighted by Crippen LogP contribution is -2.45. The van der Waals surface area contributed by atoms with Crippen LogP contribution in [-0.2, 0) is 29.0 Å². The van der Waals surface area contributed by atoms with Crippen LogP contribution < -0.4 is 0 Å². The monoisotopic (exact) mass is 410 g/mol. The van der Waals surface area contributed by atoms with Gasteiger partial charge in [0.25, 0.3) is 0 Å². The molecule has 0 radical (unpaired) electrons. The Morgan fingerprint density at radius 1 is 1.20 bits per heavy atom. The summed E-state index contributed by atoms with van der Waals surface area (Å²) >= 11 is 0. The number of aryl methyl sites for hydroxylation is 2. The Morgan fingerprint density at radius 2 is 2.00 bits per heavy atom. The number of rotatable bonds is 8. The first-order valence-electron chi connectivity index (χ1n) is 11.3. The summed E-state index contributed by atoms with van der Waals surface area (Å²) in [6.07, 6.45) is 8.40. The molecule has 6 nitrogen and oxygen atoms in total. The van der Waals surface area contributed by atoms with Gasteiger partial charge >= 0.3 is 0 Å². The van der Waals surface area contributed by atoms with Gasteiger partial charge in [0.1, 0.15) is 0 Å². The van der Waals surface area contributed by atoms with Gasteiger partial charge in [-0.15, -0.1) is 0 Å². The number of aromatic nitrogens is 2. The Hall–Kier alpha value is -2.18. The molecule has 2 aliphatic rings. The highest BCUT2D eigenvalue weighted by atomic mass is 16.5. The van der Waals surface area contributed by atoms with Crippen LogP contribution in [0.3, 0.4) is 0 Å². The molecule has 2 aromatic rings. The van der Waals surface area contributed by atoms with Crippen molar-refractivity contribution >= 4 is 5.91 Å². The highest BCUT2D eigenvalue weighted by Gasteiger charge is 2.26. The summed E-state index contributed by atoms with van der Waals surface area (Å²) in [5, 5.41) is 4.32. The fraction of sp³-hybridized carbons (Fsp3) is 0.583. The standard InChI is InChI=1S/C24H34N4O2/c1-20-17-25-27(18-20)14-8-24(29)28(23-9-15-30-16-10-23)12-4-11-26-13-7-21-5-2-3-6-22(21)19-26/h2-3,5-6,17-18,23H,4,7-16,19H2,1H3. The Bertz CT molecular complexity index is 828. The van der Waals surface area contributed by atoms with Gasteiger partial charge in [0, 0.05) is 64.6 Å². The lowest BCUT2D eigenvalue weighted by atomic mass is 10.00. The van der Waals surface area contributed by atoms with Crippen molar-refractivity contribution in [3.8, 4) is 0 Å².